The minimum atomic E-state index is 0.907. The second kappa shape index (κ2) is 9.65. The molecule has 0 bridgehead atoms. The molecule has 0 N–H and O–H groups in total. The van der Waals surface area contributed by atoms with E-state index < -0.39 is 0 Å². The van der Waals surface area contributed by atoms with Crippen molar-refractivity contribution in [3.05, 3.63) is 152 Å². The zero-order chi connectivity index (χ0) is 30.2. The number of fused-ring (bicyclic) bond motifs is 7. The largest absolute Gasteiger partial charge is 0.248 e. The van der Waals surface area contributed by atoms with Gasteiger partial charge in [0.15, 0.2) is 0 Å². The van der Waals surface area contributed by atoms with Gasteiger partial charge in [-0.2, -0.15) is 0 Å². The van der Waals surface area contributed by atoms with Crippen molar-refractivity contribution in [1.29, 1.82) is 0 Å². The molecule has 3 heterocycles. The fourth-order valence-electron chi connectivity index (χ4n) is 7.11. The summed E-state index contributed by atoms with van der Waals surface area (Å²) in [6, 6.07) is 53.7. The van der Waals surface area contributed by atoms with Crippen LogP contribution >= 0.6 is 0 Å². The van der Waals surface area contributed by atoms with E-state index in [-0.39, 0.29) is 0 Å². The van der Waals surface area contributed by atoms with E-state index in [1.165, 1.54) is 33.0 Å². The molecule has 3 heteroatoms. The van der Waals surface area contributed by atoms with Crippen LogP contribution in [0.25, 0.3) is 99.5 Å². The van der Waals surface area contributed by atoms with E-state index in [1.54, 1.807) is 0 Å². The van der Waals surface area contributed by atoms with E-state index in [9.17, 15) is 0 Å². The van der Waals surface area contributed by atoms with Gasteiger partial charge < -0.3 is 0 Å². The Morgan fingerprint density at radius 3 is 1.57 bits per heavy atom. The van der Waals surface area contributed by atoms with Crippen molar-refractivity contribution >= 4 is 43.5 Å². The van der Waals surface area contributed by atoms with Gasteiger partial charge in [-0.3, -0.25) is 0 Å². The van der Waals surface area contributed by atoms with Crippen LogP contribution in [0.2, 0.25) is 0 Å². The molecule has 10 rings (SSSR count). The summed E-state index contributed by atoms with van der Waals surface area (Å²) in [7, 11) is 0. The van der Waals surface area contributed by atoms with Crippen molar-refractivity contribution < 1.29 is 0 Å². The number of pyridine rings is 3. The molecule has 3 aromatic heterocycles. The van der Waals surface area contributed by atoms with Crippen molar-refractivity contribution in [2.24, 2.45) is 0 Å². The average molecular weight is 584 g/mol. The third-order valence-corrected chi connectivity index (χ3v) is 9.37. The summed E-state index contributed by atoms with van der Waals surface area (Å²) < 4.78 is 0. The normalized spacial score (nSPS) is 11.9. The van der Waals surface area contributed by atoms with Crippen LogP contribution in [0.5, 0.6) is 0 Å². The van der Waals surface area contributed by atoms with Crippen LogP contribution in [0.1, 0.15) is 0 Å². The predicted molar refractivity (Wildman–Crippen MR) is 191 cm³/mol. The molecule has 212 valence electrons. The second-order valence-corrected chi connectivity index (χ2v) is 12.0. The first-order chi connectivity index (χ1) is 22.8. The molecule has 3 nitrogen and oxygen atoms in total. The van der Waals surface area contributed by atoms with Crippen molar-refractivity contribution in [2.75, 3.05) is 0 Å². The van der Waals surface area contributed by atoms with Crippen molar-refractivity contribution in [1.82, 2.24) is 15.0 Å². The van der Waals surface area contributed by atoms with Crippen LogP contribution < -0.4 is 0 Å². The van der Waals surface area contributed by atoms with Crippen molar-refractivity contribution in [3.63, 3.8) is 0 Å². The Hall–Kier alpha value is -6.19. The first kappa shape index (κ1) is 25.2. The highest BCUT2D eigenvalue weighted by molar-refractivity contribution is 6.15. The van der Waals surface area contributed by atoms with E-state index >= 15 is 0 Å². The number of para-hydroxylation sites is 1. The maximum absolute atomic E-state index is 5.25. The molecule has 0 spiro atoms. The lowest BCUT2D eigenvalue weighted by atomic mass is 9.99. The highest BCUT2D eigenvalue weighted by atomic mass is 14.8. The third kappa shape index (κ3) is 3.82. The Bertz CT molecular complexity index is 2700. The Balaban J connectivity index is 1.08. The summed E-state index contributed by atoms with van der Waals surface area (Å²) in [5.74, 6) is 0. The highest BCUT2D eigenvalue weighted by Gasteiger charge is 2.21. The van der Waals surface area contributed by atoms with Crippen LogP contribution in [0.15, 0.2) is 152 Å². The summed E-state index contributed by atoms with van der Waals surface area (Å²) in [4.78, 5) is 15.4. The van der Waals surface area contributed by atoms with Gasteiger partial charge in [0.05, 0.1) is 33.6 Å². The summed E-state index contributed by atoms with van der Waals surface area (Å²) in [5, 5.41) is 5.91. The Kier molecular flexibility index (Phi) is 5.28. The summed E-state index contributed by atoms with van der Waals surface area (Å²) >= 11 is 0. The lowest BCUT2D eigenvalue weighted by molar-refractivity contribution is 1.36. The number of hydrogen-bond donors (Lipinski definition) is 0. The quantitative estimate of drug-likeness (QED) is 0.194. The molecule has 1 aliphatic carbocycles. The van der Waals surface area contributed by atoms with Crippen LogP contribution in [-0.2, 0) is 0 Å². The van der Waals surface area contributed by atoms with Crippen LogP contribution in [0.3, 0.4) is 0 Å². The van der Waals surface area contributed by atoms with Gasteiger partial charge in [-0.25, -0.2) is 15.0 Å². The highest BCUT2D eigenvalue weighted by Crippen LogP contribution is 2.48. The SMILES string of the molecule is c1cc(-c2ccc3ccccc3n2)cc(-c2ccc3ccc4ccc(-c5ccc6c(c5)-c5cccc7cccc-6c57)nc4c3n2)c1. The minimum absolute atomic E-state index is 0.907. The van der Waals surface area contributed by atoms with Gasteiger partial charge >= 0.3 is 0 Å². The summed E-state index contributed by atoms with van der Waals surface area (Å²) in [6.07, 6.45) is 0. The zero-order valence-electron chi connectivity index (χ0n) is 24.8. The molecule has 0 saturated heterocycles. The number of benzene rings is 6. The monoisotopic (exact) mass is 583 g/mol. The molecule has 0 saturated carbocycles. The van der Waals surface area contributed by atoms with Gasteiger partial charge in [0.25, 0.3) is 0 Å². The van der Waals surface area contributed by atoms with Gasteiger partial charge in [0.2, 0.25) is 0 Å². The van der Waals surface area contributed by atoms with E-state index in [1.807, 2.05) is 12.1 Å². The topological polar surface area (TPSA) is 38.7 Å². The predicted octanol–water partition coefficient (Wildman–Crippen LogP) is 11.1. The second-order valence-electron chi connectivity index (χ2n) is 12.0. The molecule has 9 aromatic rings. The molecule has 0 aliphatic heterocycles. The number of hydrogen-bond acceptors (Lipinski definition) is 3. The lowest BCUT2D eigenvalue weighted by Gasteiger charge is -2.10. The third-order valence-electron chi connectivity index (χ3n) is 9.37. The number of rotatable bonds is 3. The van der Waals surface area contributed by atoms with Crippen LogP contribution in [-0.4, -0.2) is 15.0 Å². The molecule has 46 heavy (non-hydrogen) atoms. The fraction of sp³-hybridized carbons (Fsp3) is 0. The first-order valence-electron chi connectivity index (χ1n) is 15.6. The van der Waals surface area contributed by atoms with Crippen molar-refractivity contribution in [3.8, 4) is 56.0 Å². The minimum Gasteiger partial charge on any atom is -0.248 e. The zero-order valence-corrected chi connectivity index (χ0v) is 24.8. The maximum atomic E-state index is 5.25. The molecular weight excluding hydrogens is 558 g/mol. The van der Waals surface area contributed by atoms with Crippen molar-refractivity contribution in [2.45, 2.75) is 0 Å². The van der Waals surface area contributed by atoms with Gasteiger partial charge in [0.1, 0.15) is 0 Å². The van der Waals surface area contributed by atoms with Crippen LogP contribution in [0.4, 0.5) is 0 Å². The number of nitrogens with zero attached hydrogens (tertiary/aromatic N) is 3. The molecule has 0 unspecified atom stereocenters. The van der Waals surface area contributed by atoms with Gasteiger partial charge in [-0.15, -0.1) is 0 Å². The van der Waals surface area contributed by atoms with E-state index in [2.05, 4.69) is 140 Å². The van der Waals surface area contributed by atoms with Gasteiger partial charge in [0, 0.05) is 32.8 Å². The van der Waals surface area contributed by atoms with E-state index in [0.29, 0.717) is 0 Å². The molecule has 0 radical (unpaired) electrons. The molecule has 0 amide bonds. The Labute approximate surface area is 265 Å². The Morgan fingerprint density at radius 1 is 0.304 bits per heavy atom. The molecule has 6 aromatic carbocycles. The molecular formula is C43H25N3. The molecule has 0 atom stereocenters. The van der Waals surface area contributed by atoms with Crippen LogP contribution in [0, 0.1) is 0 Å². The van der Waals surface area contributed by atoms with Gasteiger partial charge in [-0.1, -0.05) is 115 Å². The average Bonchev–Trinajstić information content (AvgIpc) is 3.45. The Morgan fingerprint density at radius 2 is 0.848 bits per heavy atom. The van der Waals surface area contributed by atoms with E-state index in [4.69, 9.17) is 15.0 Å². The van der Waals surface area contributed by atoms with E-state index in [0.717, 1.165) is 66.5 Å². The summed E-state index contributed by atoms with van der Waals surface area (Å²) in [5.41, 5.74) is 14.0. The molecule has 1 aliphatic rings. The first-order valence-corrected chi connectivity index (χ1v) is 15.6. The van der Waals surface area contributed by atoms with Gasteiger partial charge in [-0.05, 0) is 69.4 Å². The number of aromatic nitrogens is 3. The smallest absolute Gasteiger partial charge is 0.0972 e. The summed E-state index contributed by atoms with van der Waals surface area (Å²) in [6.45, 7) is 0. The maximum Gasteiger partial charge on any atom is 0.0972 e. The standard InChI is InChI=1S/C43H25N3/c1-2-13-37-26(6-1)17-21-38(44-37)30-9-3-10-31(24-30)39-22-18-28-14-15-29-19-23-40(46-43(29)42(28)45-39)32-16-20-33-34-11-4-7-27-8-5-12-35(41(27)34)36(33)25-32/h1-25H. The lowest BCUT2D eigenvalue weighted by Crippen LogP contribution is -1.92. The molecule has 0 fully saturated rings. The fourth-order valence-corrected chi connectivity index (χ4v) is 7.11.